The van der Waals surface area contributed by atoms with Crippen molar-refractivity contribution in [3.05, 3.63) is 68.1 Å². The van der Waals surface area contributed by atoms with Gasteiger partial charge < -0.3 is 4.90 Å². The molecule has 1 aromatic carbocycles. The van der Waals surface area contributed by atoms with Crippen LogP contribution in [-0.2, 0) is 13.0 Å². The van der Waals surface area contributed by atoms with Gasteiger partial charge in [-0.25, -0.2) is 9.97 Å². The zero-order valence-electron chi connectivity index (χ0n) is 14.4. The molecule has 0 fully saturated rings. The molecule has 3 aromatic rings. The number of hydrogen-bond acceptors (Lipinski definition) is 6. The lowest BCUT2D eigenvalue weighted by atomic mass is 10.1. The highest BCUT2D eigenvalue weighted by Gasteiger charge is 2.26. The standard InChI is InChI=1S/C18H13BrClN5O2S/c19-10-1-2-12(20)11(7-10)17(27)25-6-3-13-15(9-25)28-18(23-13)24-16(26)14-8-21-4-5-22-14/h1-2,4-5,7-8H,3,6,9H2,(H,23,24,26). The first-order valence-corrected chi connectivity index (χ1v) is 10.3. The predicted molar refractivity (Wildman–Crippen MR) is 110 cm³/mol. The molecular formula is C18H13BrClN5O2S. The van der Waals surface area contributed by atoms with E-state index in [9.17, 15) is 9.59 Å². The lowest BCUT2D eigenvalue weighted by Gasteiger charge is -2.26. The molecule has 10 heteroatoms. The van der Waals surface area contributed by atoms with Crippen LogP contribution in [0.3, 0.4) is 0 Å². The summed E-state index contributed by atoms with van der Waals surface area (Å²) in [6.45, 7) is 0.964. The zero-order chi connectivity index (χ0) is 19.7. The van der Waals surface area contributed by atoms with E-state index < -0.39 is 0 Å². The molecule has 0 bridgehead atoms. The van der Waals surface area contributed by atoms with Crippen LogP contribution >= 0.6 is 38.9 Å². The summed E-state index contributed by atoms with van der Waals surface area (Å²) >= 11 is 10.9. The molecule has 7 nitrogen and oxygen atoms in total. The number of halogens is 2. The summed E-state index contributed by atoms with van der Waals surface area (Å²) < 4.78 is 0.796. The number of rotatable bonds is 3. The monoisotopic (exact) mass is 477 g/mol. The van der Waals surface area contributed by atoms with Gasteiger partial charge in [-0.15, -0.1) is 0 Å². The Balaban J connectivity index is 1.49. The molecule has 4 rings (SSSR count). The van der Waals surface area contributed by atoms with E-state index >= 15 is 0 Å². The van der Waals surface area contributed by atoms with Gasteiger partial charge >= 0.3 is 0 Å². The van der Waals surface area contributed by atoms with E-state index in [1.807, 2.05) is 0 Å². The topological polar surface area (TPSA) is 88.1 Å². The summed E-state index contributed by atoms with van der Waals surface area (Å²) in [5.41, 5.74) is 1.57. The van der Waals surface area contributed by atoms with Gasteiger partial charge in [-0.3, -0.25) is 19.9 Å². The van der Waals surface area contributed by atoms with Gasteiger partial charge in [0.25, 0.3) is 11.8 Å². The first-order valence-electron chi connectivity index (χ1n) is 8.31. The van der Waals surface area contributed by atoms with Crippen molar-refractivity contribution in [3.63, 3.8) is 0 Å². The minimum absolute atomic E-state index is 0.129. The highest BCUT2D eigenvalue weighted by Crippen LogP contribution is 2.30. The zero-order valence-corrected chi connectivity index (χ0v) is 17.5. The number of nitrogens with zero attached hydrogens (tertiary/aromatic N) is 4. The smallest absolute Gasteiger partial charge is 0.277 e. The van der Waals surface area contributed by atoms with Crippen molar-refractivity contribution in [2.75, 3.05) is 11.9 Å². The van der Waals surface area contributed by atoms with E-state index in [1.54, 1.807) is 23.1 Å². The second-order valence-electron chi connectivity index (χ2n) is 6.03. The molecule has 0 radical (unpaired) electrons. The summed E-state index contributed by atoms with van der Waals surface area (Å²) in [7, 11) is 0. The molecule has 2 amide bonds. The van der Waals surface area contributed by atoms with Crippen LogP contribution in [0.25, 0.3) is 0 Å². The second kappa shape index (κ2) is 7.94. The van der Waals surface area contributed by atoms with E-state index in [0.29, 0.717) is 35.2 Å². The average Bonchev–Trinajstić information content (AvgIpc) is 3.11. The maximum Gasteiger partial charge on any atom is 0.277 e. The minimum Gasteiger partial charge on any atom is -0.333 e. The van der Waals surface area contributed by atoms with Gasteiger partial charge in [-0.1, -0.05) is 38.9 Å². The van der Waals surface area contributed by atoms with Gasteiger partial charge in [-0.05, 0) is 18.2 Å². The number of fused-ring (bicyclic) bond motifs is 1. The van der Waals surface area contributed by atoms with Crippen LogP contribution in [-0.4, -0.2) is 38.2 Å². The number of amides is 2. The number of hydrogen-bond donors (Lipinski definition) is 1. The Bertz CT molecular complexity index is 1060. The van der Waals surface area contributed by atoms with Gasteiger partial charge in [0, 0.05) is 34.7 Å². The number of anilines is 1. The highest BCUT2D eigenvalue weighted by atomic mass is 79.9. The van der Waals surface area contributed by atoms with Gasteiger partial charge in [0.05, 0.1) is 29.0 Å². The fourth-order valence-electron chi connectivity index (χ4n) is 2.83. The van der Waals surface area contributed by atoms with Gasteiger partial charge in [0.2, 0.25) is 0 Å². The summed E-state index contributed by atoms with van der Waals surface area (Å²) in [5, 5.41) is 3.64. The van der Waals surface area contributed by atoms with Crippen LogP contribution in [0.2, 0.25) is 5.02 Å². The largest absolute Gasteiger partial charge is 0.333 e. The molecule has 0 saturated heterocycles. The van der Waals surface area contributed by atoms with Gasteiger partial charge in [0.15, 0.2) is 5.13 Å². The predicted octanol–water partition coefficient (Wildman–Crippen LogP) is 3.80. The quantitative estimate of drug-likeness (QED) is 0.619. The maximum absolute atomic E-state index is 12.9. The molecule has 0 saturated carbocycles. The van der Waals surface area contributed by atoms with Crippen molar-refractivity contribution in [1.82, 2.24) is 19.9 Å². The third-order valence-corrected chi connectivity index (χ3v) is 6.01. The molecule has 1 aliphatic heterocycles. The minimum atomic E-state index is -0.368. The molecule has 3 heterocycles. The van der Waals surface area contributed by atoms with E-state index in [4.69, 9.17) is 11.6 Å². The summed E-state index contributed by atoms with van der Waals surface area (Å²) in [6.07, 6.45) is 4.97. The van der Waals surface area contributed by atoms with Crippen LogP contribution in [0.5, 0.6) is 0 Å². The van der Waals surface area contributed by atoms with E-state index in [1.165, 1.54) is 29.9 Å². The first-order chi connectivity index (χ1) is 13.5. The Morgan fingerprint density at radius 2 is 2.14 bits per heavy atom. The number of carbonyl (C=O) groups excluding carboxylic acids is 2. The number of carbonyl (C=O) groups is 2. The van der Waals surface area contributed by atoms with Crippen LogP contribution in [0, 0.1) is 0 Å². The third kappa shape index (κ3) is 3.91. The molecule has 0 unspecified atom stereocenters. The Labute approximate surface area is 177 Å². The maximum atomic E-state index is 12.9. The Kier molecular flexibility index (Phi) is 5.38. The normalized spacial score (nSPS) is 13.1. The van der Waals surface area contributed by atoms with E-state index in [-0.39, 0.29) is 17.5 Å². The first kappa shape index (κ1) is 19.0. The molecule has 1 N–H and O–H groups in total. The van der Waals surface area contributed by atoms with Crippen molar-refractivity contribution < 1.29 is 9.59 Å². The number of aromatic nitrogens is 3. The SMILES string of the molecule is O=C(Nc1nc2c(s1)CN(C(=O)c1cc(Br)ccc1Cl)CC2)c1cnccn1. The number of thiazole rings is 1. The van der Waals surface area contributed by atoms with Crippen molar-refractivity contribution in [2.24, 2.45) is 0 Å². The van der Waals surface area contributed by atoms with Crippen LogP contribution < -0.4 is 5.32 Å². The molecule has 0 atom stereocenters. The molecule has 142 valence electrons. The van der Waals surface area contributed by atoms with E-state index in [0.717, 1.165) is 15.0 Å². The molecule has 0 spiro atoms. The molecular weight excluding hydrogens is 466 g/mol. The lowest BCUT2D eigenvalue weighted by Crippen LogP contribution is -2.35. The van der Waals surface area contributed by atoms with Crippen molar-refractivity contribution in [2.45, 2.75) is 13.0 Å². The van der Waals surface area contributed by atoms with Crippen LogP contribution in [0.15, 0.2) is 41.3 Å². The van der Waals surface area contributed by atoms with Crippen molar-refractivity contribution in [3.8, 4) is 0 Å². The van der Waals surface area contributed by atoms with Crippen LogP contribution in [0.1, 0.15) is 31.4 Å². The molecule has 0 aliphatic carbocycles. The second-order valence-corrected chi connectivity index (χ2v) is 8.44. The van der Waals surface area contributed by atoms with E-state index in [2.05, 4.69) is 36.2 Å². The summed E-state index contributed by atoms with van der Waals surface area (Å²) in [4.78, 5) is 40.1. The third-order valence-electron chi connectivity index (χ3n) is 4.19. The fourth-order valence-corrected chi connectivity index (χ4v) is 4.41. The van der Waals surface area contributed by atoms with Crippen LogP contribution in [0.4, 0.5) is 5.13 Å². The molecule has 1 aliphatic rings. The summed E-state index contributed by atoms with van der Waals surface area (Å²) in [5.74, 6) is -0.497. The molecule has 28 heavy (non-hydrogen) atoms. The van der Waals surface area contributed by atoms with Gasteiger partial charge in [0.1, 0.15) is 5.69 Å². The number of benzene rings is 1. The highest BCUT2D eigenvalue weighted by molar-refractivity contribution is 9.10. The average molecular weight is 479 g/mol. The van der Waals surface area contributed by atoms with Crippen molar-refractivity contribution >= 4 is 55.8 Å². The lowest BCUT2D eigenvalue weighted by molar-refractivity contribution is 0.0736. The Morgan fingerprint density at radius 1 is 1.29 bits per heavy atom. The van der Waals surface area contributed by atoms with Crippen molar-refractivity contribution in [1.29, 1.82) is 0 Å². The summed E-state index contributed by atoms with van der Waals surface area (Å²) in [6, 6.07) is 5.21. The Morgan fingerprint density at radius 3 is 2.93 bits per heavy atom. The molecule has 2 aromatic heterocycles. The fraction of sp³-hybridized carbons (Fsp3) is 0.167. The Hall–Kier alpha value is -2.36. The van der Waals surface area contributed by atoms with Gasteiger partial charge in [-0.2, -0.15) is 0 Å². The number of nitrogens with one attached hydrogen (secondary N) is 1.